The highest BCUT2D eigenvalue weighted by Gasteiger charge is 2.29. The lowest BCUT2D eigenvalue weighted by molar-refractivity contribution is 1.18. The van der Waals surface area contributed by atoms with E-state index in [-0.39, 0.29) is 0 Å². The summed E-state index contributed by atoms with van der Waals surface area (Å²) >= 11 is 0. The molecular formula is C52H32N4. The fourth-order valence-electron chi connectivity index (χ4n) is 9.08. The lowest BCUT2D eigenvalue weighted by Gasteiger charge is -2.35. The molecule has 0 unspecified atom stereocenters. The molecule has 0 saturated heterocycles. The Hall–Kier alpha value is -7.56. The van der Waals surface area contributed by atoms with Crippen LogP contribution < -0.4 is 4.90 Å². The first-order chi connectivity index (χ1) is 27.8. The summed E-state index contributed by atoms with van der Waals surface area (Å²) in [6.07, 6.45) is 0. The Morgan fingerprint density at radius 2 is 1.07 bits per heavy atom. The molecular weight excluding hydrogens is 681 g/mol. The highest BCUT2D eigenvalue weighted by atomic mass is 15.2. The Balaban J connectivity index is 1.10. The number of aromatic nitrogens is 3. The molecule has 1 aliphatic heterocycles. The molecule has 0 spiro atoms. The SMILES string of the molecule is c1ccc(-n2c3ccccc3c3cc(-c4nc(-c5ccccc5N5c6ccc7ccccc7c6-c6cccc7cccc5c67)nc5ccccc45)ccc32)cc1. The lowest BCUT2D eigenvalue weighted by Crippen LogP contribution is -2.16. The van der Waals surface area contributed by atoms with E-state index in [2.05, 4.69) is 204 Å². The van der Waals surface area contributed by atoms with Gasteiger partial charge in [0.2, 0.25) is 0 Å². The van der Waals surface area contributed by atoms with Gasteiger partial charge in [0.1, 0.15) is 0 Å². The fourth-order valence-corrected chi connectivity index (χ4v) is 9.08. The predicted octanol–water partition coefficient (Wildman–Crippen LogP) is 13.8. The molecule has 1 aliphatic rings. The van der Waals surface area contributed by atoms with Gasteiger partial charge < -0.3 is 9.47 Å². The van der Waals surface area contributed by atoms with Crippen molar-refractivity contribution in [1.82, 2.24) is 14.5 Å². The third kappa shape index (κ3) is 4.47. The van der Waals surface area contributed by atoms with Crippen LogP contribution in [-0.4, -0.2) is 14.5 Å². The number of para-hydroxylation sites is 4. The Morgan fingerprint density at radius 1 is 0.393 bits per heavy atom. The number of hydrogen-bond acceptors (Lipinski definition) is 3. The minimum Gasteiger partial charge on any atom is -0.309 e. The number of anilines is 3. The summed E-state index contributed by atoms with van der Waals surface area (Å²) < 4.78 is 2.35. The summed E-state index contributed by atoms with van der Waals surface area (Å²) in [5.74, 6) is 0.689. The summed E-state index contributed by atoms with van der Waals surface area (Å²) in [6, 6.07) is 69.6. The van der Waals surface area contributed by atoms with Crippen LogP contribution in [0.3, 0.4) is 0 Å². The van der Waals surface area contributed by atoms with Gasteiger partial charge in [0.25, 0.3) is 0 Å². The minimum absolute atomic E-state index is 0.689. The summed E-state index contributed by atoms with van der Waals surface area (Å²) in [6.45, 7) is 0. The molecule has 0 fully saturated rings. The minimum atomic E-state index is 0.689. The topological polar surface area (TPSA) is 34.0 Å². The second-order valence-corrected chi connectivity index (χ2v) is 14.5. The summed E-state index contributed by atoms with van der Waals surface area (Å²) in [7, 11) is 0. The van der Waals surface area contributed by atoms with Crippen LogP contribution in [0.1, 0.15) is 0 Å². The summed E-state index contributed by atoms with van der Waals surface area (Å²) in [5.41, 5.74) is 13.2. The van der Waals surface area contributed by atoms with Crippen LogP contribution in [0, 0.1) is 0 Å². The second kappa shape index (κ2) is 12.0. The first-order valence-corrected chi connectivity index (χ1v) is 19.1. The van der Waals surface area contributed by atoms with Crippen molar-refractivity contribution in [3.05, 3.63) is 194 Å². The number of benzene rings is 9. The van der Waals surface area contributed by atoms with Crippen LogP contribution in [0.2, 0.25) is 0 Å². The molecule has 0 saturated carbocycles. The third-order valence-electron chi connectivity index (χ3n) is 11.5. The molecule has 3 heterocycles. The number of nitrogens with zero attached hydrogens (tertiary/aromatic N) is 4. The van der Waals surface area contributed by atoms with Gasteiger partial charge in [-0.05, 0) is 82.4 Å². The molecule has 2 aromatic heterocycles. The number of hydrogen-bond donors (Lipinski definition) is 0. The average Bonchev–Trinajstić information content (AvgIpc) is 3.60. The van der Waals surface area contributed by atoms with E-state index in [0.29, 0.717) is 5.82 Å². The highest BCUT2D eigenvalue weighted by molar-refractivity contribution is 6.20. The van der Waals surface area contributed by atoms with Crippen LogP contribution in [0.4, 0.5) is 17.1 Å². The van der Waals surface area contributed by atoms with Gasteiger partial charge in [-0.3, -0.25) is 0 Å². The Kier molecular flexibility index (Phi) is 6.60. The maximum Gasteiger partial charge on any atom is 0.162 e. The lowest BCUT2D eigenvalue weighted by atomic mass is 9.87. The highest BCUT2D eigenvalue weighted by Crippen LogP contribution is 2.54. The fraction of sp³-hybridized carbons (Fsp3) is 0. The van der Waals surface area contributed by atoms with E-state index in [1.165, 1.54) is 49.0 Å². The number of rotatable bonds is 4. The maximum atomic E-state index is 5.50. The molecule has 0 N–H and O–H groups in total. The largest absolute Gasteiger partial charge is 0.309 e. The smallest absolute Gasteiger partial charge is 0.162 e. The van der Waals surface area contributed by atoms with Gasteiger partial charge in [0, 0.05) is 43.9 Å². The van der Waals surface area contributed by atoms with Crippen molar-refractivity contribution < 1.29 is 0 Å². The summed E-state index contributed by atoms with van der Waals surface area (Å²) in [5, 5.41) is 8.35. The van der Waals surface area contributed by atoms with Crippen molar-refractivity contribution in [2.45, 2.75) is 0 Å². The van der Waals surface area contributed by atoms with Crippen LogP contribution >= 0.6 is 0 Å². The van der Waals surface area contributed by atoms with E-state index in [9.17, 15) is 0 Å². The van der Waals surface area contributed by atoms with Crippen molar-refractivity contribution in [3.63, 3.8) is 0 Å². The first-order valence-electron chi connectivity index (χ1n) is 19.1. The van der Waals surface area contributed by atoms with Gasteiger partial charge in [-0.25, -0.2) is 9.97 Å². The van der Waals surface area contributed by atoms with Crippen molar-refractivity contribution in [2.75, 3.05) is 4.90 Å². The quantitative estimate of drug-likeness (QED) is 0.182. The zero-order chi connectivity index (χ0) is 36.7. The van der Waals surface area contributed by atoms with Gasteiger partial charge in [0.05, 0.1) is 39.3 Å². The normalized spacial score (nSPS) is 12.2. The molecule has 4 heteroatoms. The summed E-state index contributed by atoms with van der Waals surface area (Å²) in [4.78, 5) is 13.2. The van der Waals surface area contributed by atoms with Gasteiger partial charge in [-0.2, -0.15) is 0 Å². The van der Waals surface area contributed by atoms with Gasteiger partial charge >= 0.3 is 0 Å². The molecule has 0 radical (unpaired) electrons. The molecule has 56 heavy (non-hydrogen) atoms. The first kappa shape index (κ1) is 30.9. The average molecular weight is 713 g/mol. The van der Waals surface area contributed by atoms with Crippen molar-refractivity contribution in [1.29, 1.82) is 0 Å². The van der Waals surface area contributed by atoms with E-state index in [0.717, 1.165) is 56.0 Å². The molecule has 12 rings (SSSR count). The molecule has 0 amide bonds. The van der Waals surface area contributed by atoms with E-state index in [1.807, 2.05) is 0 Å². The van der Waals surface area contributed by atoms with Gasteiger partial charge in [-0.15, -0.1) is 0 Å². The van der Waals surface area contributed by atoms with Crippen molar-refractivity contribution in [2.24, 2.45) is 0 Å². The molecule has 0 aliphatic carbocycles. The van der Waals surface area contributed by atoms with E-state index >= 15 is 0 Å². The molecule has 11 aromatic rings. The van der Waals surface area contributed by atoms with Crippen LogP contribution in [0.15, 0.2) is 194 Å². The Bertz CT molecular complexity index is 3370. The van der Waals surface area contributed by atoms with Crippen molar-refractivity contribution >= 4 is 71.3 Å². The van der Waals surface area contributed by atoms with Crippen LogP contribution in [-0.2, 0) is 0 Å². The van der Waals surface area contributed by atoms with E-state index in [1.54, 1.807) is 0 Å². The van der Waals surface area contributed by atoms with E-state index < -0.39 is 0 Å². The molecule has 9 aromatic carbocycles. The standard InChI is InChI=1S/C52H32N4/c1-2-17-36(18-3-1)55-44-25-10-7-20-38(44)42-32-35(29-30-46(42)55)51-39-21-6-9-24-43(39)53-52(54-51)40-22-8-11-26-45(40)56-47-27-13-16-34-15-12-23-41(49(34)47)50-37-19-5-4-14-33(37)28-31-48(50)56/h1-32H. The monoisotopic (exact) mass is 712 g/mol. The maximum absolute atomic E-state index is 5.50. The molecule has 0 bridgehead atoms. The Morgan fingerprint density at radius 3 is 1.98 bits per heavy atom. The second-order valence-electron chi connectivity index (χ2n) is 14.5. The third-order valence-corrected chi connectivity index (χ3v) is 11.5. The zero-order valence-electron chi connectivity index (χ0n) is 30.3. The predicted molar refractivity (Wildman–Crippen MR) is 233 cm³/mol. The molecule has 4 nitrogen and oxygen atoms in total. The Labute approximate surface area is 323 Å². The molecule has 0 atom stereocenters. The van der Waals surface area contributed by atoms with Crippen LogP contribution in [0.25, 0.3) is 93.7 Å². The van der Waals surface area contributed by atoms with Gasteiger partial charge in [-0.1, -0.05) is 133 Å². The van der Waals surface area contributed by atoms with E-state index in [4.69, 9.17) is 9.97 Å². The molecule has 260 valence electrons. The van der Waals surface area contributed by atoms with Crippen LogP contribution in [0.5, 0.6) is 0 Å². The number of fused-ring (bicyclic) bond motifs is 8. The van der Waals surface area contributed by atoms with Gasteiger partial charge in [0.15, 0.2) is 5.82 Å². The zero-order valence-corrected chi connectivity index (χ0v) is 30.3. The van der Waals surface area contributed by atoms with Crippen molar-refractivity contribution in [3.8, 4) is 39.5 Å².